The van der Waals surface area contributed by atoms with Crippen molar-refractivity contribution in [2.75, 3.05) is 11.2 Å². The molecule has 208 valence electrons. The van der Waals surface area contributed by atoms with Crippen LogP contribution in [0, 0.1) is 18.8 Å². The zero-order chi connectivity index (χ0) is 29.4. The van der Waals surface area contributed by atoms with Gasteiger partial charge in [-0.1, -0.05) is 36.1 Å². The van der Waals surface area contributed by atoms with E-state index in [4.69, 9.17) is 10.7 Å². The first kappa shape index (κ1) is 26.3. The largest absolute Gasteiger partial charge is 0.381 e. The Labute approximate surface area is 239 Å². The van der Waals surface area contributed by atoms with Crippen LogP contribution in [0.5, 0.6) is 0 Å². The molecule has 0 aliphatic carbocycles. The fourth-order valence-corrected chi connectivity index (χ4v) is 4.60. The second-order valence-electron chi connectivity index (χ2n) is 9.65. The summed E-state index contributed by atoms with van der Waals surface area (Å²) in [5.74, 6) is 6.07. The zero-order valence-electron chi connectivity index (χ0n) is 23.0. The lowest BCUT2D eigenvalue weighted by molar-refractivity contribution is 0.0940. The Hall–Kier alpha value is -5.96. The summed E-state index contributed by atoms with van der Waals surface area (Å²) in [5, 5.41) is 11.7. The molecule has 1 amide bonds. The van der Waals surface area contributed by atoms with Gasteiger partial charge in [0.05, 0.1) is 40.1 Å². The van der Waals surface area contributed by atoms with Crippen molar-refractivity contribution in [3.63, 3.8) is 0 Å². The maximum atomic E-state index is 14.1. The summed E-state index contributed by atoms with van der Waals surface area (Å²) < 4.78 is 4.51. The molecule has 0 aliphatic rings. The van der Waals surface area contributed by atoms with Gasteiger partial charge >= 0.3 is 0 Å². The number of rotatable bonds is 5. The Balaban J connectivity index is 1.45. The number of aromatic nitrogens is 7. The normalized spacial score (nSPS) is 11.7. The highest BCUT2D eigenvalue weighted by Crippen LogP contribution is 2.21. The third-order valence-electron chi connectivity index (χ3n) is 6.89. The first-order valence-electron chi connectivity index (χ1n) is 13.1. The van der Waals surface area contributed by atoms with E-state index in [1.165, 1.54) is 9.19 Å². The number of hydrogen-bond acceptors (Lipinski definition) is 8. The molecule has 6 rings (SSSR count). The first-order chi connectivity index (χ1) is 20.3. The summed E-state index contributed by atoms with van der Waals surface area (Å²) in [6.07, 6.45) is 4.90. The van der Waals surface area contributed by atoms with Gasteiger partial charge in [-0.3, -0.25) is 19.7 Å². The van der Waals surface area contributed by atoms with E-state index in [1.54, 1.807) is 54.5 Å². The van der Waals surface area contributed by atoms with Gasteiger partial charge in [0.1, 0.15) is 5.56 Å². The van der Waals surface area contributed by atoms with E-state index < -0.39 is 11.9 Å². The van der Waals surface area contributed by atoms with Gasteiger partial charge in [0, 0.05) is 25.0 Å². The van der Waals surface area contributed by atoms with Gasteiger partial charge in [-0.05, 0) is 44.2 Å². The molecule has 12 heteroatoms. The van der Waals surface area contributed by atoms with Crippen molar-refractivity contribution in [1.29, 1.82) is 0 Å². The predicted molar refractivity (Wildman–Crippen MR) is 159 cm³/mol. The highest BCUT2D eigenvalue weighted by Gasteiger charge is 2.24. The van der Waals surface area contributed by atoms with Crippen molar-refractivity contribution < 1.29 is 4.79 Å². The maximum absolute atomic E-state index is 14.1. The molecule has 0 saturated heterocycles. The van der Waals surface area contributed by atoms with Crippen molar-refractivity contribution in [3.8, 4) is 11.8 Å². The topological polar surface area (TPSA) is 150 Å². The van der Waals surface area contributed by atoms with Gasteiger partial charge in [-0.15, -0.1) is 5.10 Å². The van der Waals surface area contributed by atoms with E-state index in [1.807, 2.05) is 44.3 Å². The van der Waals surface area contributed by atoms with Gasteiger partial charge in [0.25, 0.3) is 11.5 Å². The van der Waals surface area contributed by atoms with Crippen LogP contribution >= 0.6 is 0 Å². The Morgan fingerprint density at radius 3 is 2.60 bits per heavy atom. The summed E-state index contributed by atoms with van der Waals surface area (Å²) in [6, 6.07) is 15.5. The lowest BCUT2D eigenvalue weighted by Gasteiger charge is -2.20. The minimum Gasteiger partial charge on any atom is -0.381 e. The third-order valence-corrected chi connectivity index (χ3v) is 6.89. The van der Waals surface area contributed by atoms with Gasteiger partial charge in [-0.2, -0.15) is 5.10 Å². The van der Waals surface area contributed by atoms with Crippen LogP contribution in [0.1, 0.15) is 46.0 Å². The fourth-order valence-electron chi connectivity index (χ4n) is 4.60. The quantitative estimate of drug-likeness (QED) is 0.274. The molecule has 0 saturated carbocycles. The number of hydrogen-bond donors (Lipinski definition) is 3. The highest BCUT2D eigenvalue weighted by molar-refractivity contribution is 6.04. The number of anilines is 2. The second-order valence-corrected chi connectivity index (χ2v) is 9.65. The molecule has 12 nitrogen and oxygen atoms in total. The summed E-state index contributed by atoms with van der Waals surface area (Å²) in [5.41, 5.74) is 12.6. The highest BCUT2D eigenvalue weighted by atomic mass is 16.2. The van der Waals surface area contributed by atoms with Crippen LogP contribution in [0.4, 0.5) is 11.5 Å². The number of nitrogens with two attached hydrogens (primary N) is 1. The van der Waals surface area contributed by atoms with Gasteiger partial charge in [0.15, 0.2) is 17.3 Å². The van der Waals surface area contributed by atoms with Gasteiger partial charge in [-0.25, -0.2) is 19.2 Å². The molecule has 0 radical (unpaired) electrons. The van der Waals surface area contributed by atoms with Crippen molar-refractivity contribution in [1.82, 2.24) is 39.4 Å². The maximum Gasteiger partial charge on any atom is 0.281 e. The third kappa shape index (κ3) is 4.69. The molecular weight excluding hydrogens is 532 g/mol. The average molecular weight is 559 g/mol. The molecule has 6 aromatic rings. The molecule has 0 bridgehead atoms. The summed E-state index contributed by atoms with van der Waals surface area (Å²) in [6.45, 7) is 3.66. The Morgan fingerprint density at radius 1 is 1.05 bits per heavy atom. The van der Waals surface area contributed by atoms with E-state index in [0.717, 1.165) is 11.3 Å². The molecule has 4 N–H and O–H groups in total. The molecule has 42 heavy (non-hydrogen) atoms. The van der Waals surface area contributed by atoms with Crippen molar-refractivity contribution in [3.05, 3.63) is 112 Å². The monoisotopic (exact) mass is 558 g/mol. The van der Waals surface area contributed by atoms with Crippen LogP contribution < -0.4 is 22.0 Å². The Morgan fingerprint density at radius 2 is 1.83 bits per heavy atom. The lowest BCUT2D eigenvalue weighted by Crippen LogP contribution is -2.37. The number of para-hydroxylation sites is 1. The van der Waals surface area contributed by atoms with Crippen LogP contribution in [-0.2, 0) is 7.05 Å². The SMILES string of the molecule is Cc1c(C#Cc2cccc3nc([C@H](C)NC(=O)c4c(N)nn5cccnc45)n(Nc4ccccc4)c(=O)c23)cnn1C. The number of amides is 1. The van der Waals surface area contributed by atoms with E-state index in [9.17, 15) is 9.59 Å². The average Bonchev–Trinajstić information content (AvgIpc) is 3.50. The molecular formula is C30H26N10O2. The number of fused-ring (bicyclic) bond motifs is 2. The number of carbonyl (C=O) groups excluding carboxylic acids is 1. The number of nitrogens with one attached hydrogen (secondary N) is 2. The minimum atomic E-state index is -0.725. The number of carbonyl (C=O) groups is 1. The second kappa shape index (κ2) is 10.5. The van der Waals surface area contributed by atoms with Crippen LogP contribution in [0.25, 0.3) is 16.6 Å². The van der Waals surface area contributed by atoms with E-state index >= 15 is 0 Å². The predicted octanol–water partition coefficient (Wildman–Crippen LogP) is 2.83. The van der Waals surface area contributed by atoms with E-state index in [2.05, 4.69) is 37.8 Å². The molecule has 0 fully saturated rings. The molecule has 0 spiro atoms. The van der Waals surface area contributed by atoms with Crippen LogP contribution in [-0.4, -0.2) is 39.9 Å². The molecule has 2 aromatic carbocycles. The van der Waals surface area contributed by atoms with Crippen molar-refractivity contribution >= 4 is 34.0 Å². The number of aryl methyl sites for hydroxylation is 1. The van der Waals surface area contributed by atoms with Crippen LogP contribution in [0.15, 0.2) is 78.0 Å². The minimum absolute atomic E-state index is 0.0386. The standard InChI is InChI=1S/C30H26N10O2/c1-18(34-29(41)25-26(31)37-39-16-8-15-32-28(25)39)27-35-23-12-7-9-20(13-14-21-17-33-38(3)19(21)2)24(23)30(42)40(27)36-22-10-5-4-6-11-22/h4-12,15-18,36H,1-3H3,(H2,31,37)(H,34,41)/t18-/m0/s1. The number of nitrogen functional groups attached to an aromatic ring is 1. The Kier molecular flexibility index (Phi) is 6.60. The summed E-state index contributed by atoms with van der Waals surface area (Å²) >= 11 is 0. The molecule has 1 atom stereocenters. The zero-order valence-corrected chi connectivity index (χ0v) is 23.0. The smallest absolute Gasteiger partial charge is 0.281 e. The van der Waals surface area contributed by atoms with Gasteiger partial charge in [0.2, 0.25) is 0 Å². The molecule has 0 unspecified atom stereocenters. The molecule has 4 heterocycles. The number of benzene rings is 2. The molecule has 4 aromatic heterocycles. The van der Waals surface area contributed by atoms with E-state index in [0.29, 0.717) is 27.8 Å². The lowest BCUT2D eigenvalue weighted by atomic mass is 10.1. The van der Waals surface area contributed by atoms with Crippen molar-refractivity contribution in [2.45, 2.75) is 19.9 Å². The number of nitrogens with zero attached hydrogens (tertiary/aromatic N) is 7. The van der Waals surface area contributed by atoms with Crippen LogP contribution in [0.2, 0.25) is 0 Å². The van der Waals surface area contributed by atoms with Gasteiger partial charge < -0.3 is 11.1 Å². The van der Waals surface area contributed by atoms with Crippen molar-refractivity contribution in [2.24, 2.45) is 7.05 Å². The summed E-state index contributed by atoms with van der Waals surface area (Å²) in [7, 11) is 1.85. The Bertz CT molecular complexity index is 2100. The van der Waals surface area contributed by atoms with E-state index in [-0.39, 0.29) is 22.8 Å². The summed E-state index contributed by atoms with van der Waals surface area (Å²) in [4.78, 5) is 36.6. The molecule has 0 aliphatic heterocycles. The first-order valence-corrected chi connectivity index (χ1v) is 13.1. The fraction of sp³-hybridized carbons (Fsp3) is 0.133. The van der Waals surface area contributed by atoms with Crippen LogP contribution in [0.3, 0.4) is 0 Å².